The molecule has 2 rings (SSSR count). The Morgan fingerprint density at radius 1 is 1.64 bits per heavy atom. The van der Waals surface area contributed by atoms with Gasteiger partial charge in [-0.2, -0.15) is 0 Å². The highest BCUT2D eigenvalue weighted by Crippen LogP contribution is 2.30. The van der Waals surface area contributed by atoms with Crippen LogP contribution in [0.2, 0.25) is 0 Å². The summed E-state index contributed by atoms with van der Waals surface area (Å²) in [6.45, 7) is -0.157. The normalized spacial score (nSPS) is 25.4. The summed E-state index contributed by atoms with van der Waals surface area (Å²) < 4.78 is 27.4. The molecule has 1 unspecified atom stereocenters. The summed E-state index contributed by atoms with van der Waals surface area (Å²) in [7, 11) is -2.92. The number of rotatable bonds is 2. The maximum Gasteiger partial charge on any atom is 0.151 e. The maximum absolute atomic E-state index is 11.2. The minimum absolute atomic E-state index is 0.106. The summed E-state index contributed by atoms with van der Waals surface area (Å²) in [5, 5.41) is 12.5. The van der Waals surface area contributed by atoms with E-state index in [2.05, 4.69) is 5.16 Å². The fourth-order valence-electron chi connectivity index (χ4n) is 1.73. The van der Waals surface area contributed by atoms with Crippen LogP contribution in [0.3, 0.4) is 0 Å². The Labute approximate surface area is 81.6 Å². The van der Waals surface area contributed by atoms with Gasteiger partial charge in [-0.05, 0) is 6.42 Å². The summed E-state index contributed by atoms with van der Waals surface area (Å²) >= 11 is 0. The van der Waals surface area contributed by atoms with E-state index in [9.17, 15) is 8.42 Å². The molecule has 1 aromatic rings. The van der Waals surface area contributed by atoms with Gasteiger partial charge in [-0.25, -0.2) is 8.42 Å². The molecule has 1 fully saturated rings. The van der Waals surface area contributed by atoms with E-state index in [1.807, 2.05) is 0 Å². The Hall–Kier alpha value is -0.880. The van der Waals surface area contributed by atoms with Crippen LogP contribution in [0.25, 0.3) is 0 Å². The molecule has 14 heavy (non-hydrogen) atoms. The lowest BCUT2D eigenvalue weighted by Gasteiger charge is -2.03. The SMILES string of the molecule is O=S1(=O)CCC(c2oncc2CO)C1. The first-order valence-electron chi connectivity index (χ1n) is 4.37. The molecule has 1 atom stereocenters. The molecular formula is C8H11NO4S. The first-order valence-corrected chi connectivity index (χ1v) is 6.19. The highest BCUT2D eigenvalue weighted by Gasteiger charge is 2.32. The van der Waals surface area contributed by atoms with Crippen molar-refractivity contribution in [1.29, 1.82) is 0 Å². The average molecular weight is 217 g/mol. The number of hydrogen-bond acceptors (Lipinski definition) is 5. The third-order valence-corrected chi connectivity index (χ3v) is 4.22. The molecule has 0 aromatic carbocycles. The van der Waals surface area contributed by atoms with Crippen molar-refractivity contribution in [2.75, 3.05) is 11.5 Å². The Morgan fingerprint density at radius 3 is 3.00 bits per heavy atom. The van der Waals surface area contributed by atoms with Crippen molar-refractivity contribution in [3.05, 3.63) is 17.5 Å². The van der Waals surface area contributed by atoms with Gasteiger partial charge in [0.2, 0.25) is 0 Å². The van der Waals surface area contributed by atoms with E-state index in [0.717, 1.165) is 0 Å². The predicted molar refractivity (Wildman–Crippen MR) is 48.4 cm³/mol. The molecule has 0 radical (unpaired) electrons. The van der Waals surface area contributed by atoms with Crippen LogP contribution in [0.15, 0.2) is 10.7 Å². The summed E-state index contributed by atoms with van der Waals surface area (Å²) in [6.07, 6.45) is 1.99. The number of aliphatic hydroxyl groups is 1. The molecule has 6 heteroatoms. The zero-order valence-corrected chi connectivity index (χ0v) is 8.33. The molecule has 78 valence electrons. The van der Waals surface area contributed by atoms with E-state index in [4.69, 9.17) is 9.63 Å². The lowest BCUT2D eigenvalue weighted by molar-refractivity contribution is 0.275. The van der Waals surface area contributed by atoms with Crippen molar-refractivity contribution < 1.29 is 18.0 Å². The summed E-state index contributed by atoms with van der Waals surface area (Å²) in [5.74, 6) is 0.691. The van der Waals surface area contributed by atoms with Gasteiger partial charge in [-0.1, -0.05) is 5.16 Å². The second kappa shape index (κ2) is 3.36. The highest BCUT2D eigenvalue weighted by atomic mass is 32.2. The highest BCUT2D eigenvalue weighted by molar-refractivity contribution is 7.91. The molecular weight excluding hydrogens is 206 g/mol. The number of nitrogens with zero attached hydrogens (tertiary/aromatic N) is 1. The first-order chi connectivity index (χ1) is 6.62. The van der Waals surface area contributed by atoms with Crippen LogP contribution >= 0.6 is 0 Å². The molecule has 0 amide bonds. The van der Waals surface area contributed by atoms with Crippen LogP contribution in [0.5, 0.6) is 0 Å². The van der Waals surface area contributed by atoms with Crippen LogP contribution in [0.1, 0.15) is 23.7 Å². The largest absolute Gasteiger partial charge is 0.391 e. The van der Waals surface area contributed by atoms with Gasteiger partial charge in [0.15, 0.2) is 9.84 Å². The van der Waals surface area contributed by atoms with E-state index < -0.39 is 9.84 Å². The quantitative estimate of drug-likeness (QED) is 0.758. The zero-order valence-electron chi connectivity index (χ0n) is 7.51. The van der Waals surface area contributed by atoms with Gasteiger partial charge in [-0.3, -0.25) is 0 Å². The molecule has 5 nitrogen and oxygen atoms in total. The van der Waals surface area contributed by atoms with E-state index >= 15 is 0 Å². The second-order valence-corrected chi connectivity index (χ2v) is 5.70. The molecule has 0 saturated carbocycles. The average Bonchev–Trinajstić information content (AvgIpc) is 2.70. The van der Waals surface area contributed by atoms with Gasteiger partial charge in [0, 0.05) is 11.5 Å². The lowest BCUT2D eigenvalue weighted by atomic mass is 10.0. The molecule has 1 aliphatic heterocycles. The van der Waals surface area contributed by atoms with Gasteiger partial charge in [-0.15, -0.1) is 0 Å². The minimum Gasteiger partial charge on any atom is -0.391 e. The van der Waals surface area contributed by atoms with Crippen molar-refractivity contribution in [3.8, 4) is 0 Å². The van der Waals surface area contributed by atoms with Crippen LogP contribution in [0, 0.1) is 0 Å². The van der Waals surface area contributed by atoms with Crippen LogP contribution in [-0.4, -0.2) is 30.2 Å². The summed E-state index contributed by atoms with van der Waals surface area (Å²) in [5.41, 5.74) is 0.590. The summed E-state index contributed by atoms with van der Waals surface area (Å²) in [6, 6.07) is 0. The smallest absolute Gasteiger partial charge is 0.151 e. The van der Waals surface area contributed by atoms with E-state index in [1.165, 1.54) is 6.20 Å². The van der Waals surface area contributed by atoms with Crippen molar-refractivity contribution in [1.82, 2.24) is 5.16 Å². The fourth-order valence-corrected chi connectivity index (χ4v) is 3.47. The Bertz CT molecular complexity index is 422. The molecule has 0 bridgehead atoms. The molecule has 2 heterocycles. The van der Waals surface area contributed by atoms with E-state index in [1.54, 1.807) is 0 Å². The van der Waals surface area contributed by atoms with Gasteiger partial charge >= 0.3 is 0 Å². The fraction of sp³-hybridized carbons (Fsp3) is 0.625. The number of hydrogen-bond donors (Lipinski definition) is 1. The van der Waals surface area contributed by atoms with Crippen molar-refractivity contribution in [3.63, 3.8) is 0 Å². The first kappa shape index (κ1) is 9.67. The monoisotopic (exact) mass is 217 g/mol. The zero-order chi connectivity index (χ0) is 10.2. The van der Waals surface area contributed by atoms with E-state index in [-0.39, 0.29) is 24.0 Å². The molecule has 1 saturated heterocycles. The van der Waals surface area contributed by atoms with Gasteiger partial charge < -0.3 is 9.63 Å². The van der Waals surface area contributed by atoms with Gasteiger partial charge in [0.25, 0.3) is 0 Å². The molecule has 1 aromatic heterocycles. The second-order valence-electron chi connectivity index (χ2n) is 3.47. The van der Waals surface area contributed by atoms with Crippen molar-refractivity contribution in [2.24, 2.45) is 0 Å². The predicted octanol–water partition coefficient (Wildman–Crippen LogP) is 0.0690. The lowest BCUT2D eigenvalue weighted by Crippen LogP contribution is -2.04. The molecule has 1 N–H and O–H groups in total. The Balaban J connectivity index is 2.25. The van der Waals surface area contributed by atoms with Gasteiger partial charge in [0.1, 0.15) is 5.76 Å². The van der Waals surface area contributed by atoms with Crippen molar-refractivity contribution >= 4 is 9.84 Å². The molecule has 0 aliphatic carbocycles. The van der Waals surface area contributed by atoms with Crippen LogP contribution in [0.4, 0.5) is 0 Å². The third kappa shape index (κ3) is 1.67. The van der Waals surface area contributed by atoms with Gasteiger partial charge in [0.05, 0.1) is 24.3 Å². The minimum atomic E-state index is -2.92. The number of sulfone groups is 1. The topological polar surface area (TPSA) is 80.4 Å². The molecule has 1 aliphatic rings. The molecule has 0 spiro atoms. The van der Waals surface area contributed by atoms with E-state index in [0.29, 0.717) is 17.7 Å². The van der Waals surface area contributed by atoms with Crippen LogP contribution in [-0.2, 0) is 16.4 Å². The Morgan fingerprint density at radius 2 is 2.43 bits per heavy atom. The number of aromatic nitrogens is 1. The van der Waals surface area contributed by atoms with Crippen molar-refractivity contribution in [2.45, 2.75) is 18.9 Å². The number of aliphatic hydroxyl groups excluding tert-OH is 1. The third-order valence-electron chi connectivity index (χ3n) is 2.45. The van der Waals surface area contributed by atoms with Crippen LogP contribution < -0.4 is 0 Å². The maximum atomic E-state index is 11.2. The Kier molecular flexibility index (Phi) is 2.32. The summed E-state index contributed by atoms with van der Waals surface area (Å²) in [4.78, 5) is 0. The standard InChI is InChI=1S/C8H11NO4S/c10-4-7-3-9-13-8(7)6-1-2-14(11,12)5-6/h3,6,10H,1-2,4-5H2.